The standard InChI is InChI=1S/C18H22ClN3O2/c1-24-16-5-3-14(4-6-16)13-21-7-2-8-22(10-9-21)18(23)17-11-15(19)12-20-17/h3-6,11-12,20H,2,7-10,13H2,1H3. The Hall–Kier alpha value is -1.98. The molecule has 1 saturated heterocycles. The number of nitrogens with zero attached hydrogens (tertiary/aromatic N) is 2. The van der Waals surface area contributed by atoms with Crippen LogP contribution in [0.5, 0.6) is 5.75 Å². The summed E-state index contributed by atoms with van der Waals surface area (Å²) in [7, 11) is 1.67. The second kappa shape index (κ2) is 7.73. The Kier molecular flexibility index (Phi) is 5.43. The van der Waals surface area contributed by atoms with Crippen molar-refractivity contribution in [1.29, 1.82) is 0 Å². The van der Waals surface area contributed by atoms with Gasteiger partial charge in [-0.25, -0.2) is 0 Å². The number of amides is 1. The second-order valence-electron chi connectivity index (χ2n) is 6.00. The van der Waals surface area contributed by atoms with Gasteiger partial charge in [0.05, 0.1) is 12.1 Å². The second-order valence-corrected chi connectivity index (χ2v) is 6.44. The predicted molar refractivity (Wildman–Crippen MR) is 94.6 cm³/mol. The Bertz CT molecular complexity index is 684. The van der Waals surface area contributed by atoms with Gasteiger partial charge in [0.1, 0.15) is 11.4 Å². The first-order chi connectivity index (χ1) is 11.7. The number of methoxy groups -OCH3 is 1. The summed E-state index contributed by atoms with van der Waals surface area (Å²) in [4.78, 5) is 19.7. The van der Waals surface area contributed by atoms with Gasteiger partial charge >= 0.3 is 0 Å². The number of carbonyl (C=O) groups is 1. The van der Waals surface area contributed by atoms with Crippen LogP contribution in [0.4, 0.5) is 0 Å². The number of aromatic amines is 1. The lowest BCUT2D eigenvalue weighted by Crippen LogP contribution is -2.35. The van der Waals surface area contributed by atoms with E-state index in [4.69, 9.17) is 16.3 Å². The maximum absolute atomic E-state index is 12.5. The molecular weight excluding hydrogens is 326 g/mol. The predicted octanol–water partition coefficient (Wildman–Crippen LogP) is 3.02. The molecule has 3 rings (SSSR count). The van der Waals surface area contributed by atoms with E-state index in [1.165, 1.54) is 5.56 Å². The minimum atomic E-state index is 0.0215. The van der Waals surface area contributed by atoms with Crippen LogP contribution in [0.1, 0.15) is 22.5 Å². The van der Waals surface area contributed by atoms with E-state index in [9.17, 15) is 4.79 Å². The monoisotopic (exact) mass is 347 g/mol. The molecule has 6 heteroatoms. The molecular formula is C18H22ClN3O2. The van der Waals surface area contributed by atoms with E-state index in [-0.39, 0.29) is 5.91 Å². The Morgan fingerprint density at radius 1 is 1.21 bits per heavy atom. The number of carbonyl (C=O) groups excluding carboxylic acids is 1. The maximum Gasteiger partial charge on any atom is 0.270 e. The highest BCUT2D eigenvalue weighted by Crippen LogP contribution is 2.16. The molecule has 0 spiro atoms. The van der Waals surface area contributed by atoms with Gasteiger partial charge in [0.25, 0.3) is 5.91 Å². The maximum atomic E-state index is 12.5. The first-order valence-electron chi connectivity index (χ1n) is 8.14. The topological polar surface area (TPSA) is 48.6 Å². The molecule has 0 radical (unpaired) electrons. The van der Waals surface area contributed by atoms with Gasteiger partial charge in [-0.1, -0.05) is 23.7 Å². The molecule has 0 atom stereocenters. The number of nitrogens with one attached hydrogen (secondary N) is 1. The highest BCUT2D eigenvalue weighted by atomic mass is 35.5. The molecule has 1 aliphatic heterocycles. The molecule has 0 saturated carbocycles. The minimum absolute atomic E-state index is 0.0215. The van der Waals surface area contributed by atoms with Crippen LogP contribution in [-0.2, 0) is 6.54 Å². The zero-order valence-electron chi connectivity index (χ0n) is 13.8. The van der Waals surface area contributed by atoms with Crippen molar-refractivity contribution in [3.05, 3.63) is 52.8 Å². The molecule has 2 aromatic rings. The number of rotatable bonds is 4. The van der Waals surface area contributed by atoms with Gasteiger partial charge in [0.2, 0.25) is 0 Å². The fraction of sp³-hybridized carbons (Fsp3) is 0.389. The minimum Gasteiger partial charge on any atom is -0.497 e. The smallest absolute Gasteiger partial charge is 0.270 e. The van der Waals surface area contributed by atoms with Gasteiger partial charge in [-0.2, -0.15) is 0 Å². The quantitative estimate of drug-likeness (QED) is 0.924. The molecule has 1 aromatic carbocycles. The van der Waals surface area contributed by atoms with Gasteiger partial charge in [-0.05, 0) is 30.2 Å². The van der Waals surface area contributed by atoms with Gasteiger partial charge in [-0.15, -0.1) is 0 Å². The summed E-state index contributed by atoms with van der Waals surface area (Å²) in [6.07, 6.45) is 2.61. The van der Waals surface area contributed by atoms with E-state index in [1.807, 2.05) is 17.0 Å². The van der Waals surface area contributed by atoms with Crippen LogP contribution >= 0.6 is 11.6 Å². The molecule has 128 valence electrons. The number of aromatic nitrogens is 1. The van der Waals surface area contributed by atoms with E-state index in [1.54, 1.807) is 19.4 Å². The fourth-order valence-electron chi connectivity index (χ4n) is 2.98. The van der Waals surface area contributed by atoms with Crippen molar-refractivity contribution in [3.8, 4) is 5.75 Å². The summed E-state index contributed by atoms with van der Waals surface area (Å²) < 4.78 is 5.19. The molecule has 1 fully saturated rings. The molecule has 5 nitrogen and oxygen atoms in total. The summed E-state index contributed by atoms with van der Waals surface area (Å²) in [5, 5.41) is 0.564. The number of hydrogen-bond acceptors (Lipinski definition) is 3. The summed E-state index contributed by atoms with van der Waals surface area (Å²) in [6, 6.07) is 9.83. The number of ether oxygens (including phenoxy) is 1. The van der Waals surface area contributed by atoms with Crippen LogP contribution in [0.2, 0.25) is 5.02 Å². The van der Waals surface area contributed by atoms with Crippen molar-refractivity contribution >= 4 is 17.5 Å². The normalized spacial score (nSPS) is 16.0. The lowest BCUT2D eigenvalue weighted by Gasteiger charge is -2.21. The first kappa shape index (κ1) is 16.9. The zero-order chi connectivity index (χ0) is 16.9. The van der Waals surface area contributed by atoms with E-state index in [0.29, 0.717) is 10.7 Å². The number of benzene rings is 1. The van der Waals surface area contributed by atoms with Crippen LogP contribution in [-0.4, -0.2) is 54.0 Å². The van der Waals surface area contributed by atoms with Crippen molar-refractivity contribution in [2.75, 3.05) is 33.3 Å². The third-order valence-corrected chi connectivity index (χ3v) is 4.54. The van der Waals surface area contributed by atoms with E-state index in [2.05, 4.69) is 22.0 Å². The molecule has 24 heavy (non-hydrogen) atoms. The third kappa shape index (κ3) is 4.10. The highest BCUT2D eigenvalue weighted by molar-refractivity contribution is 6.30. The average Bonchev–Trinajstić information content (AvgIpc) is 2.90. The Labute approximate surface area is 147 Å². The van der Waals surface area contributed by atoms with E-state index in [0.717, 1.165) is 44.9 Å². The van der Waals surface area contributed by atoms with Crippen molar-refractivity contribution in [3.63, 3.8) is 0 Å². The van der Waals surface area contributed by atoms with Gasteiger partial charge in [0.15, 0.2) is 0 Å². The summed E-state index contributed by atoms with van der Waals surface area (Å²) in [6.45, 7) is 4.24. The van der Waals surface area contributed by atoms with Crippen molar-refractivity contribution < 1.29 is 9.53 Å². The molecule has 1 aromatic heterocycles. The Balaban J connectivity index is 1.57. The highest BCUT2D eigenvalue weighted by Gasteiger charge is 2.21. The molecule has 1 N–H and O–H groups in total. The molecule has 0 unspecified atom stereocenters. The van der Waals surface area contributed by atoms with Crippen LogP contribution in [0.25, 0.3) is 0 Å². The van der Waals surface area contributed by atoms with Crippen molar-refractivity contribution in [1.82, 2.24) is 14.8 Å². The molecule has 2 heterocycles. The number of hydrogen-bond donors (Lipinski definition) is 1. The molecule has 0 aliphatic carbocycles. The molecule has 1 aliphatic rings. The van der Waals surface area contributed by atoms with Crippen molar-refractivity contribution in [2.24, 2.45) is 0 Å². The van der Waals surface area contributed by atoms with Crippen LogP contribution in [0.15, 0.2) is 36.5 Å². The first-order valence-corrected chi connectivity index (χ1v) is 8.52. The van der Waals surface area contributed by atoms with Gasteiger partial charge < -0.3 is 14.6 Å². The lowest BCUT2D eigenvalue weighted by atomic mass is 10.2. The molecule has 1 amide bonds. The number of H-pyrrole nitrogens is 1. The largest absolute Gasteiger partial charge is 0.497 e. The fourth-order valence-corrected chi connectivity index (χ4v) is 3.15. The molecule has 0 bridgehead atoms. The SMILES string of the molecule is COc1ccc(CN2CCCN(C(=O)c3cc(Cl)c[nH]3)CC2)cc1. The summed E-state index contributed by atoms with van der Waals surface area (Å²) in [5.74, 6) is 0.893. The van der Waals surface area contributed by atoms with Gasteiger partial charge in [-0.3, -0.25) is 9.69 Å². The zero-order valence-corrected chi connectivity index (χ0v) is 14.6. The van der Waals surface area contributed by atoms with Crippen LogP contribution in [0, 0.1) is 0 Å². The Morgan fingerprint density at radius 3 is 2.67 bits per heavy atom. The van der Waals surface area contributed by atoms with Crippen molar-refractivity contribution in [2.45, 2.75) is 13.0 Å². The van der Waals surface area contributed by atoms with Gasteiger partial charge in [0, 0.05) is 38.9 Å². The van der Waals surface area contributed by atoms with Crippen LogP contribution < -0.4 is 4.74 Å². The average molecular weight is 348 g/mol. The van der Waals surface area contributed by atoms with Crippen LogP contribution in [0.3, 0.4) is 0 Å². The van der Waals surface area contributed by atoms with E-state index < -0.39 is 0 Å². The number of halogens is 1. The lowest BCUT2D eigenvalue weighted by molar-refractivity contribution is 0.0756. The summed E-state index contributed by atoms with van der Waals surface area (Å²) >= 11 is 5.89. The Morgan fingerprint density at radius 2 is 2.00 bits per heavy atom. The third-order valence-electron chi connectivity index (χ3n) is 4.32. The van der Waals surface area contributed by atoms with E-state index >= 15 is 0 Å². The summed E-state index contributed by atoms with van der Waals surface area (Å²) in [5.41, 5.74) is 1.82.